The number of hydrogen-bond donors (Lipinski definition) is 0. The van der Waals surface area contributed by atoms with E-state index in [1.54, 1.807) is 35.2 Å². The Morgan fingerprint density at radius 2 is 1.87 bits per heavy atom. The van der Waals surface area contributed by atoms with E-state index in [4.69, 9.17) is 8.60 Å². The van der Waals surface area contributed by atoms with Crippen molar-refractivity contribution in [1.29, 1.82) is 0 Å². The summed E-state index contributed by atoms with van der Waals surface area (Å²) in [5.41, 5.74) is 0.696. The number of nitrogens with zero attached hydrogens (tertiary/aromatic N) is 1. The van der Waals surface area contributed by atoms with Crippen molar-refractivity contribution in [2.75, 3.05) is 0 Å². The lowest BCUT2D eigenvalue weighted by atomic mass is 10.1. The molecule has 1 amide bonds. The van der Waals surface area contributed by atoms with Crippen molar-refractivity contribution in [1.82, 2.24) is 4.90 Å². The molecule has 0 radical (unpaired) electrons. The Bertz CT molecular complexity index is 1090. The molecule has 158 valence electrons. The highest BCUT2D eigenvalue weighted by atomic mass is 32.2. The molecule has 1 heterocycles. The summed E-state index contributed by atoms with van der Waals surface area (Å²) in [6, 6.07) is 14.1. The molecule has 0 saturated carbocycles. The number of amides is 1. The molecule has 0 saturated heterocycles. The fourth-order valence-electron chi connectivity index (χ4n) is 2.86. The number of benzene rings is 2. The van der Waals surface area contributed by atoms with E-state index in [-0.39, 0.29) is 34.9 Å². The summed E-state index contributed by atoms with van der Waals surface area (Å²) in [5.74, 6) is -0.449. The van der Waals surface area contributed by atoms with Crippen molar-refractivity contribution in [2.24, 2.45) is 0 Å². The third-order valence-electron chi connectivity index (χ3n) is 4.68. The first-order valence-electron chi connectivity index (χ1n) is 9.43. The van der Waals surface area contributed by atoms with Crippen LogP contribution in [0.5, 0.6) is 5.75 Å². The molecule has 0 spiro atoms. The summed E-state index contributed by atoms with van der Waals surface area (Å²) in [7, 11) is -4.11. The largest absolute Gasteiger partial charge is 0.459 e. The molecule has 3 rings (SSSR count). The number of halogens is 1. The quantitative estimate of drug-likeness (QED) is 0.486. The SMILES string of the molecule is CC[C@H](C)N(Cc1cccc(OS(=O)(=O)c2ccc(F)cc2)c1)C(=O)c1ccco1. The van der Waals surface area contributed by atoms with Gasteiger partial charge in [0, 0.05) is 12.6 Å². The number of carbonyl (C=O) groups excluding carboxylic acids is 1. The second-order valence-corrected chi connectivity index (χ2v) is 8.35. The average molecular weight is 431 g/mol. The van der Waals surface area contributed by atoms with Gasteiger partial charge in [0.15, 0.2) is 5.76 Å². The van der Waals surface area contributed by atoms with Crippen LogP contribution in [0.4, 0.5) is 4.39 Å². The van der Waals surface area contributed by atoms with Crippen LogP contribution in [0.15, 0.2) is 76.2 Å². The molecule has 1 atom stereocenters. The zero-order valence-electron chi connectivity index (χ0n) is 16.6. The van der Waals surface area contributed by atoms with Gasteiger partial charge >= 0.3 is 10.1 Å². The monoisotopic (exact) mass is 431 g/mol. The molecular formula is C22H22FNO5S. The molecule has 0 aliphatic heterocycles. The van der Waals surface area contributed by atoms with Crippen molar-refractivity contribution in [2.45, 2.75) is 37.8 Å². The van der Waals surface area contributed by atoms with Gasteiger partial charge in [0.25, 0.3) is 5.91 Å². The predicted octanol–water partition coefficient (Wildman–Crippen LogP) is 4.63. The Morgan fingerprint density at radius 3 is 2.50 bits per heavy atom. The topological polar surface area (TPSA) is 76.8 Å². The molecule has 0 fully saturated rings. The molecule has 2 aromatic carbocycles. The van der Waals surface area contributed by atoms with Crippen molar-refractivity contribution in [3.63, 3.8) is 0 Å². The summed E-state index contributed by atoms with van der Waals surface area (Å²) in [6.07, 6.45) is 2.18. The zero-order valence-corrected chi connectivity index (χ0v) is 17.4. The van der Waals surface area contributed by atoms with Gasteiger partial charge in [0.1, 0.15) is 16.5 Å². The first-order chi connectivity index (χ1) is 14.3. The lowest BCUT2D eigenvalue weighted by Crippen LogP contribution is -2.37. The van der Waals surface area contributed by atoms with Gasteiger partial charge in [-0.05, 0) is 67.4 Å². The van der Waals surface area contributed by atoms with Gasteiger partial charge in [0.2, 0.25) is 0 Å². The van der Waals surface area contributed by atoms with Gasteiger partial charge in [-0.2, -0.15) is 8.42 Å². The lowest BCUT2D eigenvalue weighted by molar-refractivity contribution is 0.0638. The Hall–Kier alpha value is -3.13. The van der Waals surface area contributed by atoms with Gasteiger partial charge in [-0.25, -0.2) is 4.39 Å². The Balaban J connectivity index is 1.81. The minimum Gasteiger partial charge on any atom is -0.459 e. The van der Waals surface area contributed by atoms with Gasteiger partial charge in [-0.3, -0.25) is 4.79 Å². The van der Waals surface area contributed by atoms with Gasteiger partial charge in [-0.1, -0.05) is 19.1 Å². The Kier molecular flexibility index (Phi) is 6.56. The van der Waals surface area contributed by atoms with Crippen LogP contribution in [0, 0.1) is 5.82 Å². The van der Waals surface area contributed by atoms with Crippen LogP contribution in [0.2, 0.25) is 0 Å². The highest BCUT2D eigenvalue weighted by Crippen LogP contribution is 2.22. The van der Waals surface area contributed by atoms with E-state index in [9.17, 15) is 17.6 Å². The summed E-state index contributed by atoms with van der Waals surface area (Å²) < 4.78 is 48.4. The Labute approximate surface area is 175 Å². The van der Waals surface area contributed by atoms with Crippen LogP contribution in [-0.4, -0.2) is 25.3 Å². The van der Waals surface area contributed by atoms with Crippen LogP contribution in [0.3, 0.4) is 0 Å². The van der Waals surface area contributed by atoms with E-state index in [1.807, 2.05) is 13.8 Å². The van der Waals surface area contributed by atoms with Gasteiger partial charge in [0.05, 0.1) is 6.26 Å². The molecule has 1 aromatic heterocycles. The van der Waals surface area contributed by atoms with E-state index < -0.39 is 15.9 Å². The second kappa shape index (κ2) is 9.13. The standard InChI is InChI=1S/C22H22FNO5S/c1-3-16(2)24(22(25)21-8-5-13-28-21)15-17-6-4-7-19(14-17)29-30(26,27)20-11-9-18(23)10-12-20/h4-14,16H,3,15H2,1-2H3/t16-/m0/s1. The molecule has 0 unspecified atom stereocenters. The highest BCUT2D eigenvalue weighted by Gasteiger charge is 2.23. The predicted molar refractivity (Wildman–Crippen MR) is 109 cm³/mol. The van der Waals surface area contributed by atoms with Gasteiger partial charge in [-0.15, -0.1) is 0 Å². The maximum absolute atomic E-state index is 13.1. The number of rotatable bonds is 8. The summed E-state index contributed by atoms with van der Waals surface area (Å²) >= 11 is 0. The highest BCUT2D eigenvalue weighted by molar-refractivity contribution is 7.87. The van der Waals surface area contributed by atoms with Gasteiger partial charge < -0.3 is 13.5 Å². The molecule has 6 nitrogen and oxygen atoms in total. The maximum Gasteiger partial charge on any atom is 0.339 e. The summed E-state index contributed by atoms with van der Waals surface area (Å²) in [5, 5.41) is 0. The lowest BCUT2D eigenvalue weighted by Gasteiger charge is -2.28. The molecule has 0 aliphatic rings. The minimum absolute atomic E-state index is 0.0601. The van der Waals surface area contributed by atoms with Crippen LogP contribution in [0.1, 0.15) is 36.4 Å². The van der Waals surface area contributed by atoms with Crippen molar-refractivity contribution >= 4 is 16.0 Å². The van der Waals surface area contributed by atoms with Crippen LogP contribution >= 0.6 is 0 Å². The van der Waals surface area contributed by atoms with Crippen LogP contribution in [0.25, 0.3) is 0 Å². The zero-order chi connectivity index (χ0) is 21.7. The molecular weight excluding hydrogens is 409 g/mol. The molecule has 30 heavy (non-hydrogen) atoms. The van der Waals surface area contributed by atoms with Crippen molar-refractivity contribution in [3.8, 4) is 5.75 Å². The van der Waals surface area contributed by atoms with E-state index >= 15 is 0 Å². The van der Waals surface area contributed by atoms with E-state index in [0.717, 1.165) is 30.7 Å². The first kappa shape index (κ1) is 21.6. The van der Waals surface area contributed by atoms with E-state index in [1.165, 1.54) is 12.3 Å². The summed E-state index contributed by atoms with van der Waals surface area (Å²) in [4.78, 5) is 14.3. The van der Waals surface area contributed by atoms with E-state index in [2.05, 4.69) is 0 Å². The number of carbonyl (C=O) groups is 1. The third kappa shape index (κ3) is 5.07. The number of furan rings is 1. The third-order valence-corrected chi connectivity index (χ3v) is 5.94. The van der Waals surface area contributed by atoms with Crippen molar-refractivity contribution < 1.29 is 26.2 Å². The molecule has 8 heteroatoms. The normalized spacial score (nSPS) is 12.4. The van der Waals surface area contributed by atoms with Crippen LogP contribution in [-0.2, 0) is 16.7 Å². The average Bonchev–Trinajstić information content (AvgIpc) is 3.26. The minimum atomic E-state index is -4.11. The summed E-state index contributed by atoms with van der Waals surface area (Å²) in [6.45, 7) is 4.16. The second-order valence-electron chi connectivity index (χ2n) is 6.81. The fourth-order valence-corrected chi connectivity index (χ4v) is 3.78. The number of hydrogen-bond acceptors (Lipinski definition) is 5. The molecule has 0 N–H and O–H groups in total. The smallest absolute Gasteiger partial charge is 0.339 e. The molecule has 0 bridgehead atoms. The fraction of sp³-hybridized carbons (Fsp3) is 0.227. The van der Waals surface area contributed by atoms with Crippen molar-refractivity contribution in [3.05, 3.63) is 84.1 Å². The first-order valence-corrected chi connectivity index (χ1v) is 10.8. The van der Waals surface area contributed by atoms with Crippen LogP contribution < -0.4 is 4.18 Å². The van der Waals surface area contributed by atoms with E-state index in [0.29, 0.717) is 5.56 Å². The maximum atomic E-state index is 13.1. The Morgan fingerprint density at radius 1 is 1.13 bits per heavy atom. The molecule has 3 aromatic rings. The molecule has 0 aliphatic carbocycles.